The number of pyridine rings is 1. The van der Waals surface area contributed by atoms with Gasteiger partial charge in [0.25, 0.3) is 0 Å². The maximum atomic E-state index is 8.15. The van der Waals surface area contributed by atoms with Gasteiger partial charge >= 0.3 is 0 Å². The van der Waals surface area contributed by atoms with Crippen molar-refractivity contribution in [2.75, 3.05) is 23.4 Å². The van der Waals surface area contributed by atoms with Gasteiger partial charge in [-0.05, 0) is 54.6 Å². The van der Waals surface area contributed by atoms with Crippen LogP contribution in [0.2, 0.25) is 0 Å². The van der Waals surface area contributed by atoms with Gasteiger partial charge in [0.15, 0.2) is 11.3 Å². The topological polar surface area (TPSA) is 41.8 Å². The van der Waals surface area contributed by atoms with Gasteiger partial charge in [0, 0.05) is 67.4 Å². The molecule has 0 unspecified atom stereocenters. The highest BCUT2D eigenvalue weighted by molar-refractivity contribution is 6.25. The van der Waals surface area contributed by atoms with E-state index in [0.717, 1.165) is 60.5 Å². The van der Waals surface area contributed by atoms with Gasteiger partial charge < -0.3 is 18.9 Å². The number of nitrogens with zero attached hydrogens (tertiary/aromatic N) is 6. The molecule has 0 saturated carbocycles. The molecule has 0 atom stereocenters. The minimum absolute atomic E-state index is 0.115. The third-order valence-corrected chi connectivity index (χ3v) is 10.3. The number of anilines is 3. The monoisotopic (exact) mass is 659 g/mol. The minimum atomic E-state index is -2.33. The van der Waals surface area contributed by atoms with E-state index in [1.165, 1.54) is 15.7 Å². The Kier molecular flexibility index (Phi) is 5.02. The molecule has 240 valence electrons. The second-order valence-electron chi connectivity index (χ2n) is 13.0. The number of aromatic nitrogens is 3. The molecule has 0 N–H and O–H groups in total. The molecule has 10 aromatic rings. The first-order valence-electron chi connectivity index (χ1n) is 18.3. The van der Waals surface area contributed by atoms with E-state index >= 15 is 0 Å². The molecule has 0 fully saturated rings. The van der Waals surface area contributed by atoms with Crippen molar-refractivity contribution in [3.63, 3.8) is 0 Å². The fourth-order valence-electron chi connectivity index (χ4n) is 8.19. The Bertz CT molecular complexity index is 3270. The van der Waals surface area contributed by atoms with Gasteiger partial charge in [-0.25, -0.2) is 9.83 Å². The van der Waals surface area contributed by atoms with Crippen molar-refractivity contribution in [2.24, 2.45) is 0 Å². The fourth-order valence-corrected chi connectivity index (χ4v) is 8.19. The van der Waals surface area contributed by atoms with Crippen molar-refractivity contribution in [2.45, 2.75) is 0 Å². The molecule has 1 aliphatic heterocycles. The number of hydrogen-bond donors (Lipinski definition) is 0. The number of hydrogen-bond acceptors (Lipinski definition) is 4. The van der Waals surface area contributed by atoms with Crippen LogP contribution in [-0.4, -0.2) is 27.4 Å². The van der Waals surface area contributed by atoms with Crippen molar-refractivity contribution in [3.8, 4) is 11.5 Å². The molecule has 5 heterocycles. The molecule has 1 aliphatic rings. The molecule has 7 heteroatoms. The molecule has 0 saturated heterocycles. The van der Waals surface area contributed by atoms with Crippen LogP contribution < -0.4 is 14.5 Å². The van der Waals surface area contributed by atoms with E-state index in [-0.39, 0.29) is 6.67 Å². The highest BCUT2D eigenvalue weighted by Gasteiger charge is 2.25. The average molecular weight is 660 g/mol. The lowest BCUT2D eigenvalue weighted by Gasteiger charge is -2.21. The molecule has 4 aromatic heterocycles. The lowest BCUT2D eigenvalue weighted by molar-refractivity contribution is 0.484. The van der Waals surface area contributed by atoms with Crippen molar-refractivity contribution < 1.29 is 8.85 Å². The van der Waals surface area contributed by atoms with Crippen LogP contribution in [0.25, 0.3) is 70.4 Å². The van der Waals surface area contributed by atoms with Crippen molar-refractivity contribution in [3.05, 3.63) is 151 Å². The lowest BCUT2D eigenvalue weighted by Crippen LogP contribution is -2.23. The molecular weight excluding hydrogens is 629 g/mol. The summed E-state index contributed by atoms with van der Waals surface area (Å²) in [6, 6.07) is 44.6. The second-order valence-corrected chi connectivity index (χ2v) is 13.0. The summed E-state index contributed by atoms with van der Waals surface area (Å²) in [5.74, 6) is 1.07. The SMILES string of the molecule is [2H]C([2H])([2H])N1CN(c2cc([N+]#[C-])cc(Oc3ccc4c5cccc6c7cccc8c9ccccc9n(c9cccnc9n(c4c3)c56)c87)c2)c2ccccc21. The van der Waals surface area contributed by atoms with Gasteiger partial charge in [-0.1, -0.05) is 66.7 Å². The summed E-state index contributed by atoms with van der Waals surface area (Å²) in [4.78, 5) is 12.1. The van der Waals surface area contributed by atoms with Crippen LogP contribution in [0.4, 0.5) is 22.7 Å². The highest BCUT2D eigenvalue weighted by atomic mass is 16.5. The summed E-state index contributed by atoms with van der Waals surface area (Å²) in [5.41, 5.74) is 8.48. The van der Waals surface area contributed by atoms with Gasteiger partial charge in [0.05, 0.1) is 52.2 Å². The smallest absolute Gasteiger partial charge is 0.192 e. The molecule has 0 amide bonds. The zero-order valence-corrected chi connectivity index (χ0v) is 27.1. The largest absolute Gasteiger partial charge is 0.459 e. The van der Waals surface area contributed by atoms with Crippen LogP contribution in [0.1, 0.15) is 4.11 Å². The summed E-state index contributed by atoms with van der Waals surface area (Å²) < 4.78 is 35.7. The van der Waals surface area contributed by atoms with E-state index in [1.54, 1.807) is 12.1 Å². The highest BCUT2D eigenvalue weighted by Crippen LogP contribution is 2.44. The van der Waals surface area contributed by atoms with Gasteiger partial charge in [-0.3, -0.25) is 4.40 Å². The zero-order chi connectivity index (χ0) is 36.3. The van der Waals surface area contributed by atoms with Crippen LogP contribution in [0.5, 0.6) is 11.5 Å². The predicted octanol–water partition coefficient (Wildman–Crippen LogP) is 11.2. The van der Waals surface area contributed by atoms with Crippen LogP contribution >= 0.6 is 0 Å². The summed E-state index contributed by atoms with van der Waals surface area (Å²) in [7, 11) is 0. The summed E-state index contributed by atoms with van der Waals surface area (Å²) in [5, 5.41) is 6.81. The number of benzene rings is 6. The third kappa shape index (κ3) is 3.84. The Morgan fingerprint density at radius 2 is 1.31 bits per heavy atom. The predicted molar refractivity (Wildman–Crippen MR) is 208 cm³/mol. The van der Waals surface area contributed by atoms with E-state index in [4.69, 9.17) is 20.4 Å². The molecule has 11 rings (SSSR count). The third-order valence-electron chi connectivity index (χ3n) is 10.3. The molecular formula is C44H28N6O. The Balaban J connectivity index is 1.14. The molecule has 0 aliphatic carbocycles. The molecule has 51 heavy (non-hydrogen) atoms. The lowest BCUT2D eigenvalue weighted by atomic mass is 10.0. The van der Waals surface area contributed by atoms with E-state index in [1.807, 2.05) is 59.6 Å². The first kappa shape index (κ1) is 25.0. The van der Waals surface area contributed by atoms with Gasteiger partial charge in [-0.15, -0.1) is 0 Å². The van der Waals surface area contributed by atoms with E-state index in [9.17, 15) is 0 Å². The molecule has 6 aromatic carbocycles. The number of para-hydroxylation sites is 5. The normalized spacial score (nSPS) is 14.1. The van der Waals surface area contributed by atoms with Crippen LogP contribution in [0, 0.1) is 6.57 Å². The standard InChI is InChI=1S/C44H28N6O/c1-45-27-22-28(48-26-47(2)38-16-5-6-17-39(38)48)24-30(23-27)51-29-19-20-32-34-12-8-14-36-35-13-7-11-33-31-10-3-4-15-37(31)49(42(33)35)40-18-9-21-46-44(40)50(43(34)36)41(32)25-29/h3-25H,26H2,2H3/i2D3. The minimum Gasteiger partial charge on any atom is -0.459 e. The van der Waals surface area contributed by atoms with Crippen LogP contribution in [0.3, 0.4) is 0 Å². The van der Waals surface area contributed by atoms with Gasteiger partial charge in [0.1, 0.15) is 11.5 Å². The average Bonchev–Trinajstić information content (AvgIpc) is 3.85. The Morgan fingerprint density at radius 1 is 0.627 bits per heavy atom. The maximum absolute atomic E-state index is 8.15. The molecule has 0 bridgehead atoms. The Morgan fingerprint density at radius 3 is 2.12 bits per heavy atom. The van der Waals surface area contributed by atoms with Crippen molar-refractivity contribution in [1.82, 2.24) is 13.8 Å². The first-order valence-corrected chi connectivity index (χ1v) is 16.8. The number of ether oxygens (including phenoxy) is 1. The van der Waals surface area contributed by atoms with Crippen molar-refractivity contribution >= 4 is 88.3 Å². The Hall–Kier alpha value is -7.04. The quantitative estimate of drug-likeness (QED) is 0.177. The van der Waals surface area contributed by atoms with E-state index in [0.29, 0.717) is 28.6 Å². The van der Waals surface area contributed by atoms with Crippen LogP contribution in [-0.2, 0) is 0 Å². The number of fused-ring (bicyclic) bond motifs is 11. The Labute approximate surface area is 296 Å². The second kappa shape index (κ2) is 10.2. The number of rotatable bonds is 3. The van der Waals surface area contributed by atoms with Gasteiger partial charge in [0.2, 0.25) is 0 Å². The van der Waals surface area contributed by atoms with Crippen LogP contribution in [0.15, 0.2) is 140 Å². The summed E-state index contributed by atoms with van der Waals surface area (Å²) in [6.07, 6.45) is 1.84. The molecule has 0 radical (unpaired) electrons. The fraction of sp³-hybridized carbons (Fsp3) is 0.0455. The molecule has 7 nitrogen and oxygen atoms in total. The molecule has 0 spiro atoms. The van der Waals surface area contributed by atoms with E-state index in [2.05, 4.69) is 86.4 Å². The first-order chi connectivity index (χ1) is 26.4. The summed E-state index contributed by atoms with van der Waals surface area (Å²) >= 11 is 0. The summed E-state index contributed by atoms with van der Waals surface area (Å²) in [6.45, 7) is 5.69. The maximum Gasteiger partial charge on any atom is 0.192 e. The van der Waals surface area contributed by atoms with E-state index < -0.39 is 6.98 Å². The zero-order valence-electron chi connectivity index (χ0n) is 30.1. The van der Waals surface area contributed by atoms with Crippen molar-refractivity contribution in [1.29, 1.82) is 0 Å². The van der Waals surface area contributed by atoms with Gasteiger partial charge in [-0.2, -0.15) is 0 Å².